The van der Waals surface area contributed by atoms with Crippen LogP contribution in [0.15, 0.2) is 18.2 Å². The van der Waals surface area contributed by atoms with Crippen molar-refractivity contribution < 1.29 is 22.0 Å². The van der Waals surface area contributed by atoms with Gasteiger partial charge in [-0.05, 0) is 11.6 Å². The Balaban J connectivity index is 2.43. The molecule has 2 aromatic rings. The molecule has 0 bridgehead atoms. The molecule has 1 aromatic heterocycles. The number of aromatic nitrogens is 1. The monoisotopic (exact) mass is 321 g/mol. The first-order chi connectivity index (χ1) is 9.68. The van der Waals surface area contributed by atoms with Gasteiger partial charge in [-0.1, -0.05) is 19.9 Å². The highest BCUT2D eigenvalue weighted by molar-refractivity contribution is 7.11. The molecular weight excluding hydrogens is 309 g/mol. The zero-order valence-corrected chi connectivity index (χ0v) is 12.1. The van der Waals surface area contributed by atoms with E-state index >= 15 is 0 Å². The molecule has 0 spiro atoms. The fourth-order valence-corrected chi connectivity index (χ4v) is 2.91. The summed E-state index contributed by atoms with van der Waals surface area (Å²) in [6, 6.07) is 2.84. The van der Waals surface area contributed by atoms with Gasteiger partial charge in [0.25, 0.3) is 0 Å². The highest BCUT2D eigenvalue weighted by Crippen LogP contribution is 2.37. The number of halogens is 5. The van der Waals surface area contributed by atoms with Gasteiger partial charge in [0.1, 0.15) is 11.6 Å². The summed E-state index contributed by atoms with van der Waals surface area (Å²) in [6.07, 6.45) is -4.85. The molecule has 0 amide bonds. The molecule has 2 rings (SSSR count). The average molecular weight is 321 g/mol. The van der Waals surface area contributed by atoms with Gasteiger partial charge in [-0.2, -0.15) is 13.2 Å². The number of thiazole rings is 1. The maximum absolute atomic E-state index is 13.6. The van der Waals surface area contributed by atoms with E-state index in [-0.39, 0.29) is 22.8 Å². The molecule has 0 saturated heterocycles. The van der Waals surface area contributed by atoms with Crippen molar-refractivity contribution in [1.29, 1.82) is 0 Å². The van der Waals surface area contributed by atoms with E-state index in [1.807, 2.05) is 0 Å². The maximum Gasteiger partial charge on any atom is 0.434 e. The Kier molecular flexibility index (Phi) is 4.32. The first-order valence-electron chi connectivity index (χ1n) is 6.19. The van der Waals surface area contributed by atoms with E-state index < -0.39 is 23.5 Å². The molecule has 1 nitrogen and oxygen atoms in total. The second-order valence-corrected chi connectivity index (χ2v) is 6.00. The van der Waals surface area contributed by atoms with Gasteiger partial charge in [0.05, 0.1) is 5.01 Å². The number of nitrogens with zero attached hydrogens (tertiary/aromatic N) is 1. The molecule has 0 fully saturated rings. The molecule has 0 unspecified atom stereocenters. The summed E-state index contributed by atoms with van der Waals surface area (Å²) in [5, 5.41) is 0.347. The van der Waals surface area contributed by atoms with Crippen molar-refractivity contribution in [2.75, 3.05) is 0 Å². The lowest BCUT2D eigenvalue weighted by molar-refractivity contribution is -0.141. The smallest absolute Gasteiger partial charge is 0.236 e. The molecule has 114 valence electrons. The van der Waals surface area contributed by atoms with Crippen LogP contribution in [0.5, 0.6) is 0 Å². The lowest BCUT2D eigenvalue weighted by Gasteiger charge is -2.07. The number of benzene rings is 1. The minimum Gasteiger partial charge on any atom is -0.236 e. The van der Waals surface area contributed by atoms with Crippen LogP contribution >= 0.6 is 11.3 Å². The summed E-state index contributed by atoms with van der Waals surface area (Å²) in [5.41, 5.74) is -0.971. The van der Waals surface area contributed by atoms with Crippen molar-refractivity contribution in [2.45, 2.75) is 32.4 Å². The second-order valence-electron chi connectivity index (χ2n) is 4.89. The van der Waals surface area contributed by atoms with E-state index in [0.717, 1.165) is 23.5 Å². The Morgan fingerprint density at radius 1 is 1.19 bits per heavy atom. The van der Waals surface area contributed by atoms with Crippen molar-refractivity contribution in [2.24, 2.45) is 0 Å². The van der Waals surface area contributed by atoms with Gasteiger partial charge in [0, 0.05) is 23.3 Å². The van der Waals surface area contributed by atoms with Crippen LogP contribution in [0.25, 0.3) is 0 Å². The Labute approximate surface area is 122 Å². The number of hydrogen-bond acceptors (Lipinski definition) is 2. The molecule has 21 heavy (non-hydrogen) atoms. The third kappa shape index (κ3) is 3.58. The van der Waals surface area contributed by atoms with Gasteiger partial charge in [0.15, 0.2) is 5.69 Å². The average Bonchev–Trinajstić information content (AvgIpc) is 2.76. The highest BCUT2D eigenvalue weighted by atomic mass is 32.1. The van der Waals surface area contributed by atoms with Gasteiger partial charge in [0.2, 0.25) is 0 Å². The molecule has 0 aliphatic heterocycles. The molecule has 0 aliphatic rings. The minimum atomic E-state index is -4.59. The van der Waals surface area contributed by atoms with Crippen molar-refractivity contribution >= 4 is 11.3 Å². The van der Waals surface area contributed by atoms with E-state index in [1.165, 1.54) is 0 Å². The van der Waals surface area contributed by atoms with Gasteiger partial charge in [-0.15, -0.1) is 11.3 Å². The third-order valence-corrected chi connectivity index (χ3v) is 4.20. The van der Waals surface area contributed by atoms with Crippen LogP contribution in [0, 0.1) is 11.6 Å². The topological polar surface area (TPSA) is 12.9 Å². The SMILES string of the molecule is CC(C)c1nc(C(F)(F)F)c(Cc2ccc(F)cc2F)s1. The van der Waals surface area contributed by atoms with Gasteiger partial charge in [-0.3, -0.25) is 0 Å². The van der Waals surface area contributed by atoms with Crippen LogP contribution in [0.4, 0.5) is 22.0 Å². The first-order valence-corrected chi connectivity index (χ1v) is 7.01. The lowest BCUT2D eigenvalue weighted by atomic mass is 10.1. The molecule has 7 heteroatoms. The fraction of sp³-hybridized carbons (Fsp3) is 0.357. The molecule has 0 radical (unpaired) electrons. The number of rotatable bonds is 3. The molecule has 1 aromatic carbocycles. The summed E-state index contributed by atoms with van der Waals surface area (Å²) in [7, 11) is 0. The predicted molar refractivity (Wildman–Crippen MR) is 70.4 cm³/mol. The van der Waals surface area contributed by atoms with Crippen LogP contribution in [0.1, 0.15) is 40.9 Å². The number of hydrogen-bond donors (Lipinski definition) is 0. The predicted octanol–water partition coefficient (Wildman–Crippen LogP) is 5.15. The zero-order valence-electron chi connectivity index (χ0n) is 11.3. The number of alkyl halides is 3. The molecule has 1 heterocycles. The Bertz CT molecular complexity index is 645. The highest BCUT2D eigenvalue weighted by Gasteiger charge is 2.37. The minimum absolute atomic E-state index is 0.0147. The van der Waals surface area contributed by atoms with E-state index in [4.69, 9.17) is 0 Å². The van der Waals surface area contributed by atoms with Crippen LogP contribution in [-0.2, 0) is 12.6 Å². The third-order valence-electron chi connectivity index (χ3n) is 2.84. The quantitative estimate of drug-likeness (QED) is 0.712. The van der Waals surface area contributed by atoms with E-state index in [9.17, 15) is 22.0 Å². The largest absolute Gasteiger partial charge is 0.434 e. The molecule has 0 N–H and O–H groups in total. The van der Waals surface area contributed by atoms with Crippen LogP contribution < -0.4 is 0 Å². The summed E-state index contributed by atoms with van der Waals surface area (Å²) in [5.74, 6) is -1.77. The van der Waals surface area contributed by atoms with Crippen molar-refractivity contribution in [3.63, 3.8) is 0 Å². The van der Waals surface area contributed by atoms with Crippen LogP contribution in [-0.4, -0.2) is 4.98 Å². The Hall–Kier alpha value is -1.50. The van der Waals surface area contributed by atoms with E-state index in [2.05, 4.69) is 4.98 Å². The summed E-state index contributed by atoms with van der Waals surface area (Å²) in [6.45, 7) is 3.47. The zero-order chi connectivity index (χ0) is 15.8. The van der Waals surface area contributed by atoms with E-state index in [1.54, 1.807) is 13.8 Å². The molecule has 0 saturated carbocycles. The van der Waals surface area contributed by atoms with Crippen molar-refractivity contribution in [3.05, 3.63) is 51.0 Å². The Morgan fingerprint density at radius 3 is 2.38 bits per heavy atom. The van der Waals surface area contributed by atoms with E-state index in [0.29, 0.717) is 11.1 Å². The standard InChI is InChI=1S/C14H12F5NS/c1-7(2)13-20-12(14(17,18)19)11(21-13)5-8-3-4-9(15)6-10(8)16/h3-4,6-7H,5H2,1-2H3. The summed E-state index contributed by atoms with van der Waals surface area (Å²) in [4.78, 5) is 3.56. The van der Waals surface area contributed by atoms with Gasteiger partial charge >= 0.3 is 6.18 Å². The molecule has 0 aliphatic carbocycles. The first kappa shape index (κ1) is 15.9. The normalized spacial score (nSPS) is 12.2. The fourth-order valence-electron chi connectivity index (χ4n) is 1.80. The van der Waals surface area contributed by atoms with Crippen molar-refractivity contribution in [3.8, 4) is 0 Å². The van der Waals surface area contributed by atoms with Crippen molar-refractivity contribution in [1.82, 2.24) is 4.98 Å². The summed E-state index contributed by atoms with van der Waals surface area (Å²) < 4.78 is 65.4. The maximum atomic E-state index is 13.6. The molecule has 0 atom stereocenters. The van der Waals surface area contributed by atoms with Gasteiger partial charge in [-0.25, -0.2) is 13.8 Å². The Morgan fingerprint density at radius 2 is 1.86 bits per heavy atom. The summed E-state index contributed by atoms with van der Waals surface area (Å²) >= 11 is 0.911. The van der Waals surface area contributed by atoms with Gasteiger partial charge < -0.3 is 0 Å². The second kappa shape index (κ2) is 5.71. The molecular formula is C14H12F5NS. The van der Waals surface area contributed by atoms with Crippen LogP contribution in [0.2, 0.25) is 0 Å². The lowest BCUT2D eigenvalue weighted by Crippen LogP contribution is -2.09. The van der Waals surface area contributed by atoms with Crippen LogP contribution in [0.3, 0.4) is 0 Å².